The van der Waals surface area contributed by atoms with Crippen molar-refractivity contribution in [2.75, 3.05) is 20.1 Å². The third-order valence-corrected chi connectivity index (χ3v) is 6.01. The number of likely N-dealkylation sites (N-methyl/N-ethyl adjacent to an activating group) is 1. The Morgan fingerprint density at radius 2 is 1.89 bits per heavy atom. The van der Waals surface area contributed by atoms with Gasteiger partial charge in [-0.2, -0.15) is 13.2 Å². The molecule has 2 atom stereocenters. The van der Waals surface area contributed by atoms with Crippen molar-refractivity contribution in [2.24, 2.45) is 0 Å². The standard InChI is InChI=1S/C22H17Cl2F3N2O6/c1-29-3-2-10(13(32)8-29)18-11(30)7-15(35-21(33)22(25,26)27)19-12(31)6-14(34-20(18)19)9-4-16(23)28-17(24)5-9/h4-7,10,13,30,32H,2-3,8H2,1H3/t10-,13+/m0/s1. The molecule has 1 saturated heterocycles. The number of fused-ring (bicyclic) bond motifs is 1. The Morgan fingerprint density at radius 3 is 2.49 bits per heavy atom. The van der Waals surface area contributed by atoms with E-state index in [1.165, 1.54) is 12.1 Å². The zero-order valence-electron chi connectivity index (χ0n) is 17.9. The van der Waals surface area contributed by atoms with Crippen molar-refractivity contribution in [3.8, 4) is 22.8 Å². The van der Waals surface area contributed by atoms with Crippen LogP contribution in [0, 0.1) is 0 Å². The van der Waals surface area contributed by atoms with Crippen molar-refractivity contribution in [2.45, 2.75) is 24.6 Å². The lowest BCUT2D eigenvalue weighted by atomic mass is 9.85. The predicted octanol–water partition coefficient (Wildman–Crippen LogP) is 4.12. The number of hydrogen-bond donors (Lipinski definition) is 2. The lowest BCUT2D eigenvalue weighted by Gasteiger charge is -2.34. The van der Waals surface area contributed by atoms with Crippen molar-refractivity contribution < 1.29 is 37.3 Å². The highest BCUT2D eigenvalue weighted by Crippen LogP contribution is 2.43. The second kappa shape index (κ2) is 9.30. The summed E-state index contributed by atoms with van der Waals surface area (Å²) in [6, 6.07) is 4.38. The topological polar surface area (TPSA) is 113 Å². The Labute approximate surface area is 205 Å². The van der Waals surface area contributed by atoms with Gasteiger partial charge in [-0.15, -0.1) is 0 Å². The van der Waals surface area contributed by atoms with Crippen molar-refractivity contribution in [3.63, 3.8) is 0 Å². The number of carbonyl (C=O) groups is 1. The Bertz CT molecular complexity index is 1360. The molecule has 35 heavy (non-hydrogen) atoms. The van der Waals surface area contributed by atoms with E-state index >= 15 is 0 Å². The van der Waals surface area contributed by atoms with Crippen molar-refractivity contribution in [3.05, 3.63) is 50.4 Å². The van der Waals surface area contributed by atoms with Crippen LogP contribution in [-0.4, -0.2) is 58.5 Å². The molecule has 0 saturated carbocycles. The number of ether oxygens (including phenoxy) is 1. The summed E-state index contributed by atoms with van der Waals surface area (Å²) >= 11 is 11.9. The number of β-amino-alcohol motifs (C(OH)–C–C–N with tert-alkyl or cyclic N) is 1. The minimum absolute atomic E-state index is 0.00222. The number of carbonyl (C=O) groups excluding carboxylic acids is 1. The first-order valence-electron chi connectivity index (χ1n) is 10.2. The minimum atomic E-state index is -5.35. The maximum Gasteiger partial charge on any atom is 0.491 e. The molecule has 13 heteroatoms. The van der Waals surface area contributed by atoms with Crippen LogP contribution < -0.4 is 10.2 Å². The van der Waals surface area contributed by atoms with Gasteiger partial charge in [0.1, 0.15) is 38.5 Å². The van der Waals surface area contributed by atoms with Crippen LogP contribution in [0.2, 0.25) is 10.3 Å². The average molecular weight is 533 g/mol. The number of hydrogen-bond acceptors (Lipinski definition) is 8. The van der Waals surface area contributed by atoms with Gasteiger partial charge in [-0.3, -0.25) is 4.79 Å². The first kappa shape index (κ1) is 25.2. The van der Waals surface area contributed by atoms with Gasteiger partial charge in [-0.1, -0.05) is 23.2 Å². The molecule has 0 aliphatic carbocycles. The van der Waals surface area contributed by atoms with E-state index in [4.69, 9.17) is 27.6 Å². The maximum absolute atomic E-state index is 13.1. The van der Waals surface area contributed by atoms with Crippen LogP contribution in [0.15, 0.2) is 33.5 Å². The number of phenolic OH excluding ortho intramolecular Hbond substituents is 1. The van der Waals surface area contributed by atoms with E-state index in [1.54, 1.807) is 7.05 Å². The van der Waals surface area contributed by atoms with Gasteiger partial charge in [0.15, 0.2) is 5.43 Å². The number of aromatic nitrogens is 1. The predicted molar refractivity (Wildman–Crippen MR) is 120 cm³/mol. The van der Waals surface area contributed by atoms with Crippen molar-refractivity contribution >= 4 is 40.1 Å². The number of aliphatic hydroxyl groups is 1. The van der Waals surface area contributed by atoms with Gasteiger partial charge in [-0.25, -0.2) is 9.78 Å². The number of aliphatic hydroxyl groups excluding tert-OH is 1. The molecule has 3 heterocycles. The second-order valence-corrected chi connectivity index (χ2v) is 8.87. The molecule has 1 fully saturated rings. The average Bonchev–Trinajstić information content (AvgIpc) is 2.73. The van der Waals surface area contributed by atoms with Crippen LogP contribution in [0.4, 0.5) is 13.2 Å². The fraction of sp³-hybridized carbons (Fsp3) is 0.318. The number of pyridine rings is 1. The summed E-state index contributed by atoms with van der Waals surface area (Å²) in [6.07, 6.45) is -6.01. The highest BCUT2D eigenvalue weighted by atomic mass is 35.5. The molecule has 1 aromatic carbocycles. The van der Waals surface area contributed by atoms with Gasteiger partial charge in [0.2, 0.25) is 0 Å². The number of piperidine rings is 1. The summed E-state index contributed by atoms with van der Waals surface area (Å²) < 4.78 is 48.8. The van der Waals surface area contributed by atoms with Crippen LogP contribution in [0.1, 0.15) is 17.9 Å². The fourth-order valence-corrected chi connectivity index (χ4v) is 4.54. The molecule has 186 valence electrons. The van der Waals surface area contributed by atoms with Crippen LogP contribution in [-0.2, 0) is 4.79 Å². The Kier molecular flexibility index (Phi) is 6.71. The molecular formula is C22H17Cl2F3N2O6. The molecule has 0 bridgehead atoms. The molecule has 1 aliphatic rings. The molecule has 8 nitrogen and oxygen atoms in total. The fourth-order valence-electron chi connectivity index (χ4n) is 4.08. The number of benzene rings is 1. The number of nitrogens with zero attached hydrogens (tertiary/aromatic N) is 2. The van der Waals surface area contributed by atoms with Crippen LogP contribution >= 0.6 is 23.2 Å². The van der Waals surface area contributed by atoms with Crippen LogP contribution in [0.25, 0.3) is 22.3 Å². The second-order valence-electron chi connectivity index (χ2n) is 8.10. The van der Waals surface area contributed by atoms with Gasteiger partial charge in [0, 0.05) is 35.7 Å². The van der Waals surface area contributed by atoms with E-state index in [1.807, 2.05) is 4.90 Å². The molecule has 2 N–H and O–H groups in total. The SMILES string of the molecule is CN1CC[C@H](c2c(O)cc(OC(=O)C(F)(F)F)c3c(=O)cc(-c4cc(Cl)nc(Cl)c4)oc23)[C@H](O)C1. The Morgan fingerprint density at radius 1 is 1.23 bits per heavy atom. The van der Waals surface area contributed by atoms with E-state index in [2.05, 4.69) is 9.72 Å². The quantitative estimate of drug-likeness (QED) is 0.294. The van der Waals surface area contributed by atoms with Crippen molar-refractivity contribution in [1.29, 1.82) is 0 Å². The van der Waals surface area contributed by atoms with Gasteiger partial charge in [-0.05, 0) is 32.1 Å². The number of halogens is 5. The number of alkyl halides is 3. The summed E-state index contributed by atoms with van der Waals surface area (Å²) in [5.74, 6) is -4.85. The van der Waals surface area contributed by atoms with Gasteiger partial charge >= 0.3 is 12.1 Å². The minimum Gasteiger partial charge on any atom is -0.507 e. The summed E-state index contributed by atoms with van der Waals surface area (Å²) in [5, 5.41) is 20.9. The number of esters is 1. The molecule has 0 amide bonds. The van der Waals surface area contributed by atoms with E-state index in [9.17, 15) is 33.0 Å². The summed E-state index contributed by atoms with van der Waals surface area (Å²) in [5.41, 5.74) is -0.979. The molecule has 0 spiro atoms. The number of likely N-dealkylation sites (tertiary alicyclic amines) is 1. The van der Waals surface area contributed by atoms with E-state index in [0.29, 0.717) is 13.0 Å². The lowest BCUT2D eigenvalue weighted by Crippen LogP contribution is -2.40. The molecule has 1 aliphatic heterocycles. The largest absolute Gasteiger partial charge is 0.507 e. The summed E-state index contributed by atoms with van der Waals surface area (Å²) in [6.45, 7) is 0.753. The zero-order valence-corrected chi connectivity index (χ0v) is 19.4. The van der Waals surface area contributed by atoms with Crippen LogP contribution in [0.5, 0.6) is 11.5 Å². The molecule has 0 radical (unpaired) electrons. The molecule has 2 aromatic heterocycles. The number of rotatable bonds is 3. The smallest absolute Gasteiger partial charge is 0.491 e. The maximum atomic E-state index is 13.1. The third-order valence-electron chi connectivity index (χ3n) is 5.62. The van der Waals surface area contributed by atoms with Gasteiger partial charge in [0.25, 0.3) is 0 Å². The zero-order chi connectivity index (χ0) is 25.7. The first-order chi connectivity index (χ1) is 16.3. The summed E-state index contributed by atoms with van der Waals surface area (Å²) in [7, 11) is 1.78. The molecule has 4 rings (SSSR count). The highest BCUT2D eigenvalue weighted by molar-refractivity contribution is 6.32. The monoisotopic (exact) mass is 532 g/mol. The van der Waals surface area contributed by atoms with E-state index in [-0.39, 0.29) is 39.3 Å². The molecule has 0 unspecified atom stereocenters. The Hall–Kier alpha value is -2.86. The Balaban J connectivity index is 2.00. The normalized spacial score (nSPS) is 19.2. The van der Waals surface area contributed by atoms with Gasteiger partial charge in [0.05, 0.1) is 6.10 Å². The molecule has 3 aromatic rings. The van der Waals surface area contributed by atoms with E-state index in [0.717, 1.165) is 12.1 Å². The number of phenols is 1. The van der Waals surface area contributed by atoms with Crippen LogP contribution in [0.3, 0.4) is 0 Å². The summed E-state index contributed by atoms with van der Waals surface area (Å²) in [4.78, 5) is 30.3. The van der Waals surface area contributed by atoms with Crippen molar-refractivity contribution in [1.82, 2.24) is 9.88 Å². The lowest BCUT2D eigenvalue weighted by molar-refractivity contribution is -0.189. The first-order valence-corrected chi connectivity index (χ1v) is 10.9. The molecular weight excluding hydrogens is 516 g/mol. The van der Waals surface area contributed by atoms with Gasteiger partial charge < -0.3 is 24.3 Å². The number of aromatic hydroxyl groups is 1. The van der Waals surface area contributed by atoms with E-state index < -0.39 is 46.5 Å². The third kappa shape index (κ3) is 5.08. The highest BCUT2D eigenvalue weighted by Gasteiger charge is 2.42.